The molecule has 4 rings (SSSR count). The largest absolute Gasteiger partial charge is 0.495 e. The number of amides is 2. The van der Waals surface area contributed by atoms with Crippen LogP contribution in [0.15, 0.2) is 48.8 Å². The fourth-order valence-electron chi connectivity index (χ4n) is 3.66. The number of rotatable bonds is 5. The molecule has 0 aliphatic carbocycles. The summed E-state index contributed by atoms with van der Waals surface area (Å²) < 4.78 is 5.29. The maximum absolute atomic E-state index is 13.0. The number of benzene rings is 1. The van der Waals surface area contributed by atoms with Gasteiger partial charge in [0.05, 0.1) is 24.4 Å². The van der Waals surface area contributed by atoms with Gasteiger partial charge >= 0.3 is 0 Å². The molecule has 1 aliphatic heterocycles. The number of hydrogen-bond acceptors (Lipinski definition) is 5. The zero-order valence-electron chi connectivity index (χ0n) is 17.0. The summed E-state index contributed by atoms with van der Waals surface area (Å²) in [5.41, 5.74) is 2.45. The van der Waals surface area contributed by atoms with Gasteiger partial charge in [-0.3, -0.25) is 19.7 Å². The number of carbonyl (C=O) groups is 2. The number of aromatic nitrogens is 3. The maximum Gasteiger partial charge on any atom is 0.271 e. The topological polar surface area (TPSA) is 100 Å². The smallest absolute Gasteiger partial charge is 0.271 e. The molecule has 1 aromatic carbocycles. The van der Waals surface area contributed by atoms with Gasteiger partial charge in [-0.25, -0.2) is 0 Å². The van der Waals surface area contributed by atoms with Gasteiger partial charge in [0.25, 0.3) is 5.91 Å². The van der Waals surface area contributed by atoms with Crippen molar-refractivity contribution in [2.75, 3.05) is 25.5 Å². The Bertz CT molecular complexity index is 1090. The lowest BCUT2D eigenvalue weighted by molar-refractivity contribution is -0.121. The van der Waals surface area contributed by atoms with Crippen LogP contribution in [0.2, 0.25) is 5.02 Å². The Hall–Kier alpha value is -3.39. The van der Waals surface area contributed by atoms with Crippen molar-refractivity contribution in [3.8, 4) is 17.0 Å². The SMILES string of the molecule is COc1ccc(Cl)cc1NC(=O)[C@@H]1CCCN(C(=O)c2cc(-c3ccncc3)n[nH]2)C1. The van der Waals surface area contributed by atoms with Crippen molar-refractivity contribution >= 4 is 29.1 Å². The summed E-state index contributed by atoms with van der Waals surface area (Å²) in [7, 11) is 1.53. The second-order valence-corrected chi connectivity index (χ2v) is 7.76. The molecule has 0 bridgehead atoms. The third kappa shape index (κ3) is 4.69. The predicted octanol–water partition coefficient (Wildman–Crippen LogP) is 3.62. The summed E-state index contributed by atoms with van der Waals surface area (Å²) >= 11 is 6.05. The number of H-pyrrole nitrogens is 1. The van der Waals surface area contributed by atoms with E-state index in [4.69, 9.17) is 16.3 Å². The van der Waals surface area contributed by atoms with Crippen molar-refractivity contribution in [3.63, 3.8) is 0 Å². The van der Waals surface area contributed by atoms with Crippen molar-refractivity contribution in [2.45, 2.75) is 12.8 Å². The molecule has 0 unspecified atom stereocenters. The number of pyridine rings is 1. The molecule has 8 nitrogen and oxygen atoms in total. The number of likely N-dealkylation sites (tertiary alicyclic amines) is 1. The summed E-state index contributed by atoms with van der Waals surface area (Å²) in [6.07, 6.45) is 4.79. The van der Waals surface area contributed by atoms with Crippen molar-refractivity contribution in [2.24, 2.45) is 5.92 Å². The molecule has 160 valence electrons. The first kappa shape index (κ1) is 20.9. The van der Waals surface area contributed by atoms with Gasteiger partial charge < -0.3 is 15.0 Å². The van der Waals surface area contributed by atoms with Crippen molar-refractivity contribution < 1.29 is 14.3 Å². The fourth-order valence-corrected chi connectivity index (χ4v) is 3.83. The van der Waals surface area contributed by atoms with Crippen LogP contribution >= 0.6 is 11.6 Å². The second-order valence-electron chi connectivity index (χ2n) is 7.33. The van der Waals surface area contributed by atoms with E-state index in [1.165, 1.54) is 7.11 Å². The van der Waals surface area contributed by atoms with Crippen LogP contribution in [0.5, 0.6) is 5.75 Å². The van der Waals surface area contributed by atoms with Crippen LogP contribution in [0.1, 0.15) is 23.3 Å². The van der Waals surface area contributed by atoms with Crippen molar-refractivity contribution in [1.82, 2.24) is 20.1 Å². The number of hydrogen-bond donors (Lipinski definition) is 2. The van der Waals surface area contributed by atoms with Gasteiger partial charge in [-0.15, -0.1) is 0 Å². The van der Waals surface area contributed by atoms with Crippen molar-refractivity contribution in [1.29, 1.82) is 0 Å². The summed E-state index contributed by atoms with van der Waals surface area (Å²) in [6.45, 7) is 0.921. The molecule has 2 N–H and O–H groups in total. The zero-order chi connectivity index (χ0) is 21.8. The molecule has 1 atom stereocenters. The highest BCUT2D eigenvalue weighted by atomic mass is 35.5. The van der Waals surface area contributed by atoms with Crippen LogP contribution < -0.4 is 10.1 Å². The van der Waals surface area contributed by atoms with Gasteiger partial charge in [-0.05, 0) is 49.2 Å². The van der Waals surface area contributed by atoms with E-state index in [1.807, 2.05) is 12.1 Å². The highest BCUT2D eigenvalue weighted by Gasteiger charge is 2.30. The van der Waals surface area contributed by atoms with Gasteiger partial charge in [0.15, 0.2) is 0 Å². The van der Waals surface area contributed by atoms with E-state index < -0.39 is 0 Å². The van der Waals surface area contributed by atoms with E-state index in [2.05, 4.69) is 20.5 Å². The first-order valence-corrected chi connectivity index (χ1v) is 10.3. The Kier molecular flexibility index (Phi) is 6.18. The second kappa shape index (κ2) is 9.18. The quantitative estimate of drug-likeness (QED) is 0.632. The molecular formula is C22H22ClN5O3. The molecule has 1 fully saturated rings. The Morgan fingerprint density at radius 1 is 1.23 bits per heavy atom. The predicted molar refractivity (Wildman–Crippen MR) is 117 cm³/mol. The number of halogens is 1. The first-order valence-electron chi connectivity index (χ1n) is 9.94. The van der Waals surface area contributed by atoms with E-state index in [0.717, 1.165) is 12.0 Å². The minimum absolute atomic E-state index is 0.167. The summed E-state index contributed by atoms with van der Waals surface area (Å²) in [4.78, 5) is 31.5. The van der Waals surface area contributed by atoms with Crippen LogP contribution in [0.3, 0.4) is 0 Å². The minimum atomic E-state index is -0.330. The zero-order valence-corrected chi connectivity index (χ0v) is 17.7. The van der Waals surface area contributed by atoms with Crippen LogP contribution in [0, 0.1) is 5.92 Å². The van der Waals surface area contributed by atoms with Gasteiger partial charge in [-0.2, -0.15) is 5.10 Å². The molecule has 0 saturated carbocycles. The first-order chi connectivity index (χ1) is 15.0. The molecule has 0 radical (unpaired) electrons. The molecule has 1 aliphatic rings. The van der Waals surface area contributed by atoms with E-state index in [0.29, 0.717) is 47.4 Å². The third-order valence-corrected chi connectivity index (χ3v) is 5.52. The van der Waals surface area contributed by atoms with Crippen LogP contribution in [-0.2, 0) is 4.79 Å². The van der Waals surface area contributed by atoms with E-state index >= 15 is 0 Å². The van der Waals surface area contributed by atoms with Crippen LogP contribution in [-0.4, -0.2) is 52.1 Å². The molecular weight excluding hydrogens is 418 g/mol. The van der Waals surface area contributed by atoms with Gasteiger partial charge in [-0.1, -0.05) is 11.6 Å². The summed E-state index contributed by atoms with van der Waals surface area (Å²) in [5, 5.41) is 10.4. The minimum Gasteiger partial charge on any atom is -0.495 e. The average molecular weight is 440 g/mol. The molecule has 9 heteroatoms. The van der Waals surface area contributed by atoms with Gasteiger partial charge in [0.1, 0.15) is 11.4 Å². The number of piperidine rings is 1. The molecule has 3 aromatic rings. The molecule has 3 heterocycles. The number of nitrogens with zero attached hydrogens (tertiary/aromatic N) is 3. The summed E-state index contributed by atoms with van der Waals surface area (Å²) in [6, 6.07) is 10.4. The van der Waals surface area contributed by atoms with E-state index in [-0.39, 0.29) is 17.7 Å². The van der Waals surface area contributed by atoms with Crippen LogP contribution in [0.4, 0.5) is 5.69 Å². The van der Waals surface area contributed by atoms with Crippen LogP contribution in [0.25, 0.3) is 11.3 Å². The average Bonchev–Trinajstić information content (AvgIpc) is 3.30. The van der Waals surface area contributed by atoms with E-state index in [1.54, 1.807) is 41.6 Å². The maximum atomic E-state index is 13.0. The van der Waals surface area contributed by atoms with Gasteiger partial charge in [0.2, 0.25) is 5.91 Å². The number of nitrogens with one attached hydrogen (secondary N) is 2. The lowest BCUT2D eigenvalue weighted by atomic mass is 9.96. The molecule has 2 aromatic heterocycles. The molecule has 31 heavy (non-hydrogen) atoms. The Labute approximate surface area is 184 Å². The highest BCUT2D eigenvalue weighted by Crippen LogP contribution is 2.29. The Morgan fingerprint density at radius 2 is 2.03 bits per heavy atom. The number of carbonyl (C=O) groups excluding carboxylic acids is 2. The number of aromatic amines is 1. The normalized spacial score (nSPS) is 16.1. The molecule has 1 saturated heterocycles. The lowest BCUT2D eigenvalue weighted by Gasteiger charge is -2.31. The Morgan fingerprint density at radius 3 is 2.81 bits per heavy atom. The number of ether oxygens (including phenoxy) is 1. The molecule has 0 spiro atoms. The highest BCUT2D eigenvalue weighted by molar-refractivity contribution is 6.31. The fraction of sp³-hybridized carbons (Fsp3) is 0.273. The summed E-state index contributed by atoms with van der Waals surface area (Å²) in [5.74, 6) is -0.141. The molecule has 2 amide bonds. The Balaban J connectivity index is 1.44. The number of anilines is 1. The van der Waals surface area contributed by atoms with Crippen molar-refractivity contribution in [3.05, 3.63) is 59.5 Å². The van der Waals surface area contributed by atoms with Gasteiger partial charge in [0, 0.05) is 36.1 Å². The van der Waals surface area contributed by atoms with E-state index in [9.17, 15) is 9.59 Å². The number of methoxy groups -OCH3 is 1. The standard InChI is InChI=1S/C22H22ClN5O3/c1-31-20-5-4-16(23)11-18(20)25-21(29)15-3-2-10-28(13-15)22(30)19-12-17(26-27-19)14-6-8-24-9-7-14/h4-9,11-12,15H,2-3,10,13H2,1H3,(H,25,29)(H,26,27)/t15-/m1/s1. The third-order valence-electron chi connectivity index (χ3n) is 5.28. The monoisotopic (exact) mass is 439 g/mol. The lowest BCUT2D eigenvalue weighted by Crippen LogP contribution is -2.43.